The number of rotatable bonds is 15. The minimum absolute atomic E-state index is 0.113. The van der Waals surface area contributed by atoms with E-state index in [9.17, 15) is 24.4 Å². The second-order valence-electron chi connectivity index (χ2n) is 7.21. The number of hydrogen-bond donors (Lipinski definition) is 1. The molecule has 0 rings (SSSR count). The average molecular weight is 385 g/mol. The molecule has 0 saturated carbocycles. The minimum atomic E-state index is -1.36. The van der Waals surface area contributed by atoms with E-state index in [1.807, 2.05) is 13.8 Å². The lowest BCUT2D eigenvalue weighted by molar-refractivity contribution is -0.121. The molecule has 11 nitrogen and oxygen atoms in total. The van der Waals surface area contributed by atoms with Crippen LogP contribution in [0.15, 0.2) is 33.4 Å². The van der Waals surface area contributed by atoms with Crippen molar-refractivity contribution >= 4 is 5.91 Å². The van der Waals surface area contributed by atoms with Crippen LogP contribution in [-0.2, 0) is 9.53 Å². The highest BCUT2D eigenvalue weighted by Gasteiger charge is 2.41. The molecule has 0 heterocycles. The van der Waals surface area contributed by atoms with E-state index in [4.69, 9.17) is 4.74 Å². The van der Waals surface area contributed by atoms with Gasteiger partial charge in [0.15, 0.2) is 0 Å². The van der Waals surface area contributed by atoms with Gasteiger partial charge in [-0.05, 0) is 26.3 Å². The molecular formula is C16H27N5O6. The standard InChI is InChI=1S/C16H27N5O6/c1-6-13(22)17-10-15(2,3)16(4,5)27-9-12(20-25)14(21-26)11(19-24)7-8-18-23/h6,11-12,14H,1,7-10H2,2-5H3,(H,17,22)/t11-,12-,14?/m1/s1. The number of amides is 1. The summed E-state index contributed by atoms with van der Waals surface area (Å²) in [6.45, 7) is 10.3. The summed E-state index contributed by atoms with van der Waals surface area (Å²) < 4.78 is 5.80. The predicted molar refractivity (Wildman–Crippen MR) is 101 cm³/mol. The van der Waals surface area contributed by atoms with E-state index in [-0.39, 0.29) is 32.0 Å². The van der Waals surface area contributed by atoms with Crippen LogP contribution in [0.4, 0.5) is 0 Å². The van der Waals surface area contributed by atoms with E-state index >= 15 is 0 Å². The Morgan fingerprint density at radius 1 is 1.07 bits per heavy atom. The molecular weight excluding hydrogens is 358 g/mol. The lowest BCUT2D eigenvalue weighted by Gasteiger charge is -2.42. The predicted octanol–water partition coefficient (Wildman–Crippen LogP) is 2.67. The van der Waals surface area contributed by atoms with Crippen LogP contribution >= 0.6 is 0 Å². The molecule has 0 aliphatic carbocycles. The van der Waals surface area contributed by atoms with Crippen LogP contribution in [0.2, 0.25) is 0 Å². The van der Waals surface area contributed by atoms with Crippen molar-refractivity contribution in [1.82, 2.24) is 5.32 Å². The summed E-state index contributed by atoms with van der Waals surface area (Å²) in [6.07, 6.45) is 1.04. The van der Waals surface area contributed by atoms with Crippen molar-refractivity contribution in [3.63, 3.8) is 0 Å². The zero-order chi connectivity index (χ0) is 21.1. The van der Waals surface area contributed by atoms with Crippen molar-refractivity contribution in [2.24, 2.45) is 26.1 Å². The first-order valence-electron chi connectivity index (χ1n) is 8.41. The fourth-order valence-electron chi connectivity index (χ4n) is 2.14. The molecule has 1 amide bonds. The van der Waals surface area contributed by atoms with Crippen LogP contribution in [0, 0.1) is 25.0 Å². The molecule has 0 aliphatic rings. The number of nitrogens with one attached hydrogen (secondary N) is 1. The van der Waals surface area contributed by atoms with E-state index in [0.29, 0.717) is 0 Å². The van der Waals surface area contributed by atoms with Crippen LogP contribution in [0.1, 0.15) is 34.1 Å². The van der Waals surface area contributed by atoms with E-state index in [0.717, 1.165) is 6.08 Å². The average Bonchev–Trinajstić information content (AvgIpc) is 2.64. The van der Waals surface area contributed by atoms with E-state index in [2.05, 4.69) is 32.6 Å². The molecule has 1 N–H and O–H groups in total. The lowest BCUT2D eigenvalue weighted by atomic mass is 9.77. The first kappa shape index (κ1) is 24.6. The van der Waals surface area contributed by atoms with Gasteiger partial charge in [-0.3, -0.25) is 4.79 Å². The smallest absolute Gasteiger partial charge is 0.243 e. The van der Waals surface area contributed by atoms with Crippen molar-refractivity contribution in [1.29, 1.82) is 0 Å². The highest BCUT2D eigenvalue weighted by Crippen LogP contribution is 2.34. The Hall–Kier alpha value is -2.43. The molecule has 27 heavy (non-hydrogen) atoms. The number of ether oxygens (including phenoxy) is 1. The van der Waals surface area contributed by atoms with Gasteiger partial charge in [-0.1, -0.05) is 41.1 Å². The van der Waals surface area contributed by atoms with Crippen LogP contribution in [-0.4, -0.2) is 49.3 Å². The van der Waals surface area contributed by atoms with Crippen molar-refractivity contribution in [2.45, 2.75) is 57.8 Å². The normalized spacial score (nSPS) is 15.1. The molecule has 3 atom stereocenters. The van der Waals surface area contributed by atoms with Gasteiger partial charge in [-0.15, -0.1) is 0 Å². The van der Waals surface area contributed by atoms with Crippen molar-refractivity contribution in [2.75, 3.05) is 19.7 Å². The Kier molecular flexibility index (Phi) is 10.3. The summed E-state index contributed by atoms with van der Waals surface area (Å²) in [6, 6.07) is -3.81. The van der Waals surface area contributed by atoms with Crippen molar-refractivity contribution < 1.29 is 9.53 Å². The van der Waals surface area contributed by atoms with Gasteiger partial charge >= 0.3 is 0 Å². The highest BCUT2D eigenvalue weighted by atomic mass is 16.5. The summed E-state index contributed by atoms with van der Waals surface area (Å²) >= 11 is 0. The van der Waals surface area contributed by atoms with Gasteiger partial charge in [-0.2, -0.15) is 19.6 Å². The van der Waals surface area contributed by atoms with Gasteiger partial charge in [0, 0.05) is 12.0 Å². The zero-order valence-corrected chi connectivity index (χ0v) is 16.1. The maximum absolute atomic E-state index is 11.4. The molecule has 11 heteroatoms. The molecule has 152 valence electrons. The monoisotopic (exact) mass is 385 g/mol. The Balaban J connectivity index is 5.11. The van der Waals surface area contributed by atoms with Crippen LogP contribution < -0.4 is 5.32 Å². The largest absolute Gasteiger partial charge is 0.373 e. The molecule has 0 aromatic rings. The van der Waals surface area contributed by atoms with E-state index < -0.39 is 29.1 Å². The number of hydrogen-bond acceptors (Lipinski definition) is 10. The van der Waals surface area contributed by atoms with E-state index in [1.54, 1.807) is 13.8 Å². The quantitative estimate of drug-likeness (QED) is 0.337. The van der Waals surface area contributed by atoms with Gasteiger partial charge in [0.2, 0.25) is 5.91 Å². The maximum atomic E-state index is 11.4. The lowest BCUT2D eigenvalue weighted by Crippen LogP contribution is -2.50. The third-order valence-electron chi connectivity index (χ3n) is 4.83. The van der Waals surface area contributed by atoms with Gasteiger partial charge < -0.3 is 10.1 Å². The Bertz CT molecular complexity index is 551. The Labute approximate surface area is 157 Å². The number of carbonyl (C=O) groups excluding carboxylic acids is 1. The second-order valence-corrected chi connectivity index (χ2v) is 7.21. The summed E-state index contributed by atoms with van der Waals surface area (Å²) in [5.74, 6) is -0.333. The Morgan fingerprint density at radius 2 is 1.67 bits per heavy atom. The third-order valence-corrected chi connectivity index (χ3v) is 4.83. The summed E-state index contributed by atoms with van der Waals surface area (Å²) in [5.41, 5.74) is -1.40. The molecule has 0 spiro atoms. The first-order chi connectivity index (χ1) is 12.6. The van der Waals surface area contributed by atoms with Crippen LogP contribution in [0.3, 0.4) is 0 Å². The molecule has 0 aromatic heterocycles. The SMILES string of the molecule is C=CC(=O)NCC(C)(C)C(C)(C)OC[C@@H](N=O)C(N=O)[C@@H](CCN=O)N=O. The number of nitrogens with zero attached hydrogens (tertiary/aromatic N) is 4. The summed E-state index contributed by atoms with van der Waals surface area (Å²) in [7, 11) is 0. The third kappa shape index (κ3) is 7.37. The minimum Gasteiger partial charge on any atom is -0.373 e. The molecule has 0 fully saturated rings. The number of carbonyl (C=O) groups is 1. The maximum Gasteiger partial charge on any atom is 0.243 e. The molecule has 0 radical (unpaired) electrons. The first-order valence-corrected chi connectivity index (χ1v) is 8.41. The topological polar surface area (TPSA) is 156 Å². The summed E-state index contributed by atoms with van der Waals surface area (Å²) in [4.78, 5) is 54.9. The highest BCUT2D eigenvalue weighted by molar-refractivity contribution is 5.86. The van der Waals surface area contributed by atoms with Gasteiger partial charge in [0.05, 0.1) is 18.8 Å². The second kappa shape index (κ2) is 11.3. The molecule has 0 bridgehead atoms. The van der Waals surface area contributed by atoms with Crippen molar-refractivity contribution in [3.8, 4) is 0 Å². The molecule has 0 saturated heterocycles. The van der Waals surface area contributed by atoms with Crippen molar-refractivity contribution in [3.05, 3.63) is 32.3 Å². The fraction of sp³-hybridized carbons (Fsp3) is 0.812. The number of nitroso groups, excluding NO2 is 4. The molecule has 0 aliphatic heterocycles. The molecule has 0 aromatic carbocycles. The summed E-state index contributed by atoms with van der Waals surface area (Å²) in [5, 5.41) is 13.7. The van der Waals surface area contributed by atoms with Gasteiger partial charge in [-0.25, -0.2) is 0 Å². The van der Waals surface area contributed by atoms with Gasteiger partial charge in [0.1, 0.15) is 18.1 Å². The van der Waals surface area contributed by atoms with E-state index in [1.165, 1.54) is 0 Å². The van der Waals surface area contributed by atoms with Crippen LogP contribution in [0.5, 0.6) is 0 Å². The zero-order valence-electron chi connectivity index (χ0n) is 16.1. The van der Waals surface area contributed by atoms with Gasteiger partial charge in [0.25, 0.3) is 0 Å². The van der Waals surface area contributed by atoms with Crippen LogP contribution in [0.25, 0.3) is 0 Å². The molecule has 1 unspecified atom stereocenters. The Morgan fingerprint density at radius 3 is 2.11 bits per heavy atom. The fourth-order valence-corrected chi connectivity index (χ4v) is 2.14.